The monoisotopic (exact) mass is 550 g/mol. The summed E-state index contributed by atoms with van der Waals surface area (Å²) < 4.78 is 8.00. The Balaban J connectivity index is 2.15. The lowest BCUT2D eigenvalue weighted by Crippen LogP contribution is -2.23. The molecule has 3 aromatic rings. The van der Waals surface area contributed by atoms with Crippen LogP contribution in [0.3, 0.4) is 0 Å². The van der Waals surface area contributed by atoms with Crippen molar-refractivity contribution in [3.05, 3.63) is 71.1 Å². The number of halogens is 2. The van der Waals surface area contributed by atoms with Crippen LogP contribution >= 0.6 is 31.9 Å². The van der Waals surface area contributed by atoms with Crippen molar-refractivity contribution in [3.63, 3.8) is 0 Å². The van der Waals surface area contributed by atoms with Gasteiger partial charge >= 0.3 is 5.69 Å². The van der Waals surface area contributed by atoms with E-state index in [1.807, 2.05) is 19.9 Å². The number of rotatable bonds is 6. The van der Waals surface area contributed by atoms with E-state index in [2.05, 4.69) is 41.9 Å². The Morgan fingerprint density at radius 3 is 2.52 bits per heavy atom. The van der Waals surface area contributed by atoms with Crippen LogP contribution in [0.5, 0.6) is 5.75 Å². The van der Waals surface area contributed by atoms with Gasteiger partial charge in [0.2, 0.25) is 5.75 Å². The van der Waals surface area contributed by atoms with Crippen LogP contribution in [0.2, 0.25) is 0 Å². The van der Waals surface area contributed by atoms with Gasteiger partial charge in [-0.3, -0.25) is 14.9 Å². The molecule has 0 aliphatic carbocycles. The fourth-order valence-corrected chi connectivity index (χ4v) is 3.86. The van der Waals surface area contributed by atoms with Crippen LogP contribution in [0.15, 0.2) is 49.2 Å². The Hall–Kier alpha value is -2.59. The molecular formula is C21H20Br2N4O4. The number of hydrogen-bond acceptors (Lipinski definition) is 6. The van der Waals surface area contributed by atoms with Gasteiger partial charge in [-0.05, 0) is 54.0 Å². The number of nitro groups is 1. The normalized spacial score (nSPS) is 11.7. The summed E-state index contributed by atoms with van der Waals surface area (Å²) in [7, 11) is 0. The molecule has 0 saturated carbocycles. The minimum Gasteiger partial charge on any atom is -0.483 e. The summed E-state index contributed by atoms with van der Waals surface area (Å²) in [6.45, 7) is 7.41. The summed E-state index contributed by atoms with van der Waals surface area (Å²) in [5.41, 5.74) is 0.503. The Kier molecular flexibility index (Phi) is 6.90. The van der Waals surface area contributed by atoms with E-state index in [0.717, 1.165) is 4.47 Å². The summed E-state index contributed by atoms with van der Waals surface area (Å²) >= 11 is 6.71. The Morgan fingerprint density at radius 1 is 1.19 bits per heavy atom. The molecule has 2 aromatic carbocycles. The molecule has 0 spiro atoms. The summed E-state index contributed by atoms with van der Waals surface area (Å²) in [4.78, 5) is 28.7. The van der Waals surface area contributed by atoms with Gasteiger partial charge in [0.1, 0.15) is 5.82 Å². The molecule has 0 unspecified atom stereocenters. The number of aromatic nitrogens is 2. The second kappa shape index (κ2) is 9.27. The van der Waals surface area contributed by atoms with Crippen molar-refractivity contribution in [1.29, 1.82) is 0 Å². The lowest BCUT2D eigenvalue weighted by molar-refractivity contribution is -0.386. The van der Waals surface area contributed by atoms with Gasteiger partial charge in [-0.1, -0.05) is 29.8 Å². The number of benzene rings is 2. The van der Waals surface area contributed by atoms with E-state index in [1.54, 1.807) is 32.0 Å². The van der Waals surface area contributed by atoms with Crippen molar-refractivity contribution in [1.82, 2.24) is 9.66 Å². The number of hydrogen-bond donors (Lipinski definition) is 0. The first-order valence-electron chi connectivity index (χ1n) is 9.49. The highest BCUT2D eigenvalue weighted by molar-refractivity contribution is 9.10. The molecule has 0 saturated heterocycles. The molecule has 3 rings (SSSR count). The van der Waals surface area contributed by atoms with Gasteiger partial charge in [-0.2, -0.15) is 9.78 Å². The molecule has 0 aliphatic rings. The standard InChI is InChI=1S/C21H20Br2N4O4/c1-11(2)20-25-17-6-5-14(22)9-15(17)21(28)26(20)24-10-13-7-16(23)19(31-12(3)4)18(8-13)27(29)30/h5-12H,1-4H3. The zero-order valence-corrected chi connectivity index (χ0v) is 20.5. The zero-order chi connectivity index (χ0) is 22.9. The zero-order valence-electron chi connectivity index (χ0n) is 17.3. The van der Waals surface area contributed by atoms with Gasteiger partial charge in [0, 0.05) is 22.0 Å². The van der Waals surface area contributed by atoms with Crippen molar-refractivity contribution in [2.45, 2.75) is 39.7 Å². The second-order valence-corrected chi connectivity index (χ2v) is 9.19. The van der Waals surface area contributed by atoms with E-state index in [9.17, 15) is 14.9 Å². The van der Waals surface area contributed by atoms with Crippen LogP contribution < -0.4 is 10.3 Å². The largest absolute Gasteiger partial charge is 0.483 e. The van der Waals surface area contributed by atoms with Crippen LogP contribution in [0.1, 0.15) is 45.0 Å². The van der Waals surface area contributed by atoms with E-state index in [1.165, 1.54) is 17.0 Å². The van der Waals surface area contributed by atoms with Gasteiger partial charge in [-0.25, -0.2) is 4.98 Å². The smallest absolute Gasteiger partial charge is 0.312 e. The van der Waals surface area contributed by atoms with Crippen molar-refractivity contribution in [2.24, 2.45) is 5.10 Å². The van der Waals surface area contributed by atoms with E-state index < -0.39 is 4.92 Å². The highest BCUT2D eigenvalue weighted by Gasteiger charge is 2.21. The Bertz CT molecular complexity index is 1250. The first-order chi connectivity index (χ1) is 14.6. The molecule has 0 radical (unpaired) electrons. The van der Waals surface area contributed by atoms with Gasteiger partial charge < -0.3 is 4.74 Å². The Labute approximate surface area is 195 Å². The summed E-state index contributed by atoms with van der Waals surface area (Å²) in [5, 5.41) is 16.3. The highest BCUT2D eigenvalue weighted by Crippen LogP contribution is 2.36. The SMILES string of the molecule is CC(C)Oc1c(Br)cc(C=Nn2c(C(C)C)nc3ccc(Br)cc3c2=O)cc1[N+](=O)[O-]. The second-order valence-electron chi connectivity index (χ2n) is 7.42. The molecule has 10 heteroatoms. The van der Waals surface area contributed by atoms with Gasteiger partial charge in [0.05, 0.1) is 32.6 Å². The van der Waals surface area contributed by atoms with Gasteiger partial charge in [0.15, 0.2) is 0 Å². The minimum atomic E-state index is -0.513. The molecular weight excluding hydrogens is 532 g/mol. The fraction of sp³-hybridized carbons (Fsp3) is 0.286. The molecule has 0 atom stereocenters. The van der Waals surface area contributed by atoms with Crippen molar-refractivity contribution < 1.29 is 9.66 Å². The molecule has 0 bridgehead atoms. The fourth-order valence-electron chi connectivity index (χ4n) is 2.94. The lowest BCUT2D eigenvalue weighted by Gasteiger charge is -2.13. The quantitative estimate of drug-likeness (QED) is 0.225. The van der Waals surface area contributed by atoms with E-state index >= 15 is 0 Å². The summed E-state index contributed by atoms with van der Waals surface area (Å²) in [5.74, 6) is 0.569. The average molecular weight is 552 g/mol. The molecule has 0 N–H and O–H groups in total. The molecule has 1 heterocycles. The maximum Gasteiger partial charge on any atom is 0.312 e. The van der Waals surface area contributed by atoms with E-state index in [4.69, 9.17) is 4.74 Å². The number of fused-ring (bicyclic) bond motifs is 1. The van der Waals surface area contributed by atoms with E-state index in [-0.39, 0.29) is 29.0 Å². The average Bonchev–Trinajstić information content (AvgIpc) is 2.68. The van der Waals surface area contributed by atoms with Crippen LogP contribution in [0, 0.1) is 10.1 Å². The number of nitro benzene ring substituents is 1. The molecule has 1 aromatic heterocycles. The molecule has 162 valence electrons. The van der Waals surface area contributed by atoms with Crippen molar-refractivity contribution in [2.75, 3.05) is 0 Å². The van der Waals surface area contributed by atoms with E-state index in [0.29, 0.717) is 26.8 Å². The van der Waals surface area contributed by atoms with Gasteiger partial charge in [-0.15, -0.1) is 0 Å². The third kappa shape index (κ3) is 5.01. The molecule has 8 nitrogen and oxygen atoms in total. The summed E-state index contributed by atoms with van der Waals surface area (Å²) in [6, 6.07) is 8.30. The maximum atomic E-state index is 13.1. The van der Waals surface area contributed by atoms with Gasteiger partial charge in [0.25, 0.3) is 5.56 Å². The Morgan fingerprint density at radius 2 is 1.90 bits per heavy atom. The molecule has 0 aliphatic heterocycles. The van der Waals surface area contributed by atoms with Crippen molar-refractivity contribution >= 4 is 54.7 Å². The van der Waals surface area contributed by atoms with Crippen LogP contribution in [0.25, 0.3) is 10.9 Å². The number of nitrogens with zero attached hydrogens (tertiary/aromatic N) is 4. The molecule has 0 fully saturated rings. The topological polar surface area (TPSA) is 99.6 Å². The first kappa shape index (κ1) is 23.1. The third-order valence-electron chi connectivity index (χ3n) is 4.27. The predicted octanol–water partition coefficient (Wildman–Crippen LogP) is 5.62. The minimum absolute atomic E-state index is 0.0687. The van der Waals surface area contributed by atoms with Crippen LogP contribution in [-0.2, 0) is 0 Å². The lowest BCUT2D eigenvalue weighted by atomic mass is 10.2. The summed E-state index contributed by atoms with van der Waals surface area (Å²) in [6.07, 6.45) is 1.17. The molecule has 0 amide bonds. The van der Waals surface area contributed by atoms with Crippen molar-refractivity contribution in [3.8, 4) is 5.75 Å². The molecule has 31 heavy (non-hydrogen) atoms. The predicted molar refractivity (Wildman–Crippen MR) is 127 cm³/mol. The van der Waals surface area contributed by atoms with Crippen LogP contribution in [0.4, 0.5) is 5.69 Å². The first-order valence-corrected chi connectivity index (χ1v) is 11.1. The van der Waals surface area contributed by atoms with Crippen LogP contribution in [-0.4, -0.2) is 26.9 Å². The highest BCUT2D eigenvalue weighted by atomic mass is 79.9. The maximum absolute atomic E-state index is 13.1. The third-order valence-corrected chi connectivity index (χ3v) is 5.35. The number of ether oxygens (including phenoxy) is 1.